The summed E-state index contributed by atoms with van der Waals surface area (Å²) in [7, 11) is -2.26. The number of rotatable bonds is 6. The van der Waals surface area contributed by atoms with Gasteiger partial charge in [-0.2, -0.15) is 0 Å². The van der Waals surface area contributed by atoms with Gasteiger partial charge in [-0.25, -0.2) is 0 Å². The lowest BCUT2D eigenvalue weighted by atomic mass is 9.59. The molecule has 0 radical (unpaired) electrons. The number of allylic oxidation sites excluding steroid dienone is 1. The lowest BCUT2D eigenvalue weighted by Gasteiger charge is -2.51. The highest BCUT2D eigenvalue weighted by Gasteiger charge is 2.76. The minimum absolute atomic E-state index is 0.00617. The smallest absolute Gasteiger partial charge is 0.195 e. The first-order valence-corrected chi connectivity index (χ1v) is 15.3. The van der Waals surface area contributed by atoms with E-state index in [4.69, 9.17) is 4.43 Å². The van der Waals surface area contributed by atoms with E-state index in [0.29, 0.717) is 17.0 Å². The van der Waals surface area contributed by atoms with Crippen molar-refractivity contribution < 1.29 is 24.5 Å². The first kappa shape index (κ1) is 25.3. The van der Waals surface area contributed by atoms with Crippen LogP contribution < -0.4 is 0 Å². The molecule has 5 nitrogen and oxygen atoms in total. The van der Waals surface area contributed by atoms with Crippen LogP contribution in [0.5, 0.6) is 0 Å². The summed E-state index contributed by atoms with van der Waals surface area (Å²) in [5, 5.41) is 34.6. The topological polar surface area (TPSA) is 87.0 Å². The van der Waals surface area contributed by atoms with Crippen molar-refractivity contribution in [2.24, 2.45) is 34.5 Å². The predicted molar refractivity (Wildman–Crippen MR) is 132 cm³/mol. The summed E-state index contributed by atoms with van der Waals surface area (Å²) in [5.41, 5.74) is -1.48. The third-order valence-electron chi connectivity index (χ3n) is 10.5. The molecular weight excluding hydrogens is 432 g/mol. The van der Waals surface area contributed by atoms with Crippen LogP contribution in [0.3, 0.4) is 0 Å². The van der Waals surface area contributed by atoms with Gasteiger partial charge in [0.1, 0.15) is 11.7 Å². The highest BCUT2D eigenvalue weighted by atomic mass is 28.4. The Morgan fingerprint density at radius 1 is 1.24 bits per heavy atom. The fraction of sp³-hybridized carbons (Fsp3) is 0.815. The van der Waals surface area contributed by atoms with Crippen molar-refractivity contribution in [2.45, 2.75) is 97.2 Å². The minimum atomic E-state index is -2.26. The quantitative estimate of drug-likeness (QED) is 0.394. The molecule has 33 heavy (non-hydrogen) atoms. The van der Waals surface area contributed by atoms with Crippen LogP contribution in [0.25, 0.3) is 0 Å². The molecule has 0 heterocycles. The molecule has 8 atom stereocenters. The van der Waals surface area contributed by atoms with Gasteiger partial charge in [-0.05, 0) is 65.3 Å². The molecule has 3 N–H and O–H groups in total. The Morgan fingerprint density at radius 2 is 1.85 bits per heavy atom. The number of carbonyl (C=O) groups excluding carboxylic acids is 1. The van der Waals surface area contributed by atoms with E-state index in [9.17, 15) is 20.1 Å². The van der Waals surface area contributed by atoms with Crippen LogP contribution in [0.1, 0.15) is 61.8 Å². The summed E-state index contributed by atoms with van der Waals surface area (Å²) in [4.78, 5) is 14.4. The number of fused-ring (bicyclic) bond motifs is 3. The lowest BCUT2D eigenvalue weighted by Crippen LogP contribution is -2.67. The highest BCUT2D eigenvalue weighted by molar-refractivity contribution is 6.75. The summed E-state index contributed by atoms with van der Waals surface area (Å²) in [6, 6.07) is 1.80. The van der Waals surface area contributed by atoms with Gasteiger partial charge in [0, 0.05) is 5.92 Å². The van der Waals surface area contributed by atoms with Gasteiger partial charge in [0.05, 0.1) is 18.1 Å². The van der Waals surface area contributed by atoms with Gasteiger partial charge in [-0.3, -0.25) is 4.79 Å². The molecule has 4 rings (SSSR count). The first-order chi connectivity index (χ1) is 15.3. The van der Waals surface area contributed by atoms with Crippen molar-refractivity contribution in [3.8, 4) is 0 Å². The van der Waals surface area contributed by atoms with Crippen LogP contribution in [0.4, 0.5) is 0 Å². The van der Waals surface area contributed by atoms with E-state index >= 15 is 0 Å². The zero-order chi connectivity index (χ0) is 24.7. The minimum Gasteiger partial charge on any atom is -0.407 e. The van der Waals surface area contributed by atoms with E-state index < -0.39 is 37.5 Å². The molecule has 4 aliphatic rings. The maximum Gasteiger partial charge on any atom is 0.195 e. The van der Waals surface area contributed by atoms with Crippen molar-refractivity contribution in [3.63, 3.8) is 0 Å². The van der Waals surface area contributed by atoms with Crippen LogP contribution >= 0.6 is 0 Å². The number of hydrogen-bond donors (Lipinski definition) is 3. The number of carbonyl (C=O) groups is 1. The summed E-state index contributed by atoms with van der Waals surface area (Å²) in [5.74, 6) is 0.00580. The van der Waals surface area contributed by atoms with Gasteiger partial charge in [0.15, 0.2) is 14.1 Å². The maximum atomic E-state index is 14.4. The molecular formula is C27H44O5Si. The Balaban J connectivity index is 1.92. The third kappa shape index (κ3) is 3.00. The zero-order valence-corrected chi connectivity index (χ0v) is 22.7. The molecule has 4 aliphatic carbocycles. The van der Waals surface area contributed by atoms with Gasteiger partial charge < -0.3 is 19.7 Å². The molecule has 0 aromatic rings. The average Bonchev–Trinajstić information content (AvgIpc) is 3.25. The van der Waals surface area contributed by atoms with Crippen molar-refractivity contribution in [2.75, 3.05) is 6.61 Å². The molecule has 186 valence electrons. The number of ketones is 1. The lowest BCUT2D eigenvalue weighted by molar-refractivity contribution is -0.187. The van der Waals surface area contributed by atoms with Gasteiger partial charge in [-0.1, -0.05) is 60.6 Å². The molecule has 0 aromatic heterocycles. The Morgan fingerprint density at radius 3 is 2.36 bits per heavy atom. The molecule has 0 saturated heterocycles. The highest BCUT2D eigenvalue weighted by Crippen LogP contribution is 2.71. The number of hydrogen-bond acceptors (Lipinski definition) is 5. The molecule has 0 aromatic carbocycles. The van der Waals surface area contributed by atoms with Crippen molar-refractivity contribution in [3.05, 3.63) is 23.3 Å². The van der Waals surface area contributed by atoms with Crippen LogP contribution in [-0.2, 0) is 9.22 Å². The van der Waals surface area contributed by atoms with Crippen LogP contribution in [0, 0.1) is 34.5 Å². The maximum absolute atomic E-state index is 14.4. The predicted octanol–water partition coefficient (Wildman–Crippen LogP) is 4.23. The number of aliphatic hydroxyl groups is 3. The van der Waals surface area contributed by atoms with E-state index in [1.165, 1.54) is 0 Å². The average molecular weight is 477 g/mol. The van der Waals surface area contributed by atoms with Gasteiger partial charge in [0.25, 0.3) is 0 Å². The van der Waals surface area contributed by atoms with Gasteiger partial charge in [0.2, 0.25) is 0 Å². The second kappa shape index (κ2) is 7.86. The molecule has 0 aliphatic heterocycles. The van der Waals surface area contributed by atoms with Gasteiger partial charge in [-0.15, -0.1) is 0 Å². The Hall–Kier alpha value is -0.793. The Labute approximate surface area is 200 Å². The molecule has 1 spiro atoms. The second-order valence-electron chi connectivity index (χ2n) is 12.3. The van der Waals surface area contributed by atoms with Crippen molar-refractivity contribution >= 4 is 14.1 Å². The Kier molecular flexibility index (Phi) is 6.02. The molecule has 6 heteroatoms. The standard InChI is InChI=1S/C27H44O5Si/c1-9-33(10-2,15(3)4)32-24-16(5)13-26-17(6)11-20-21(25(20,7)8)19(23(26)30)12-18(14-28)22(29)27(24,26)31/h12-13,15,17,19-22,24,28-29,31H,9-11,14H2,1-8H3/t17-,19+,20-,21+,22-,24+,26+,27+/m1/s1. The molecule has 2 bridgehead atoms. The van der Waals surface area contributed by atoms with Crippen LogP contribution in [0.15, 0.2) is 23.3 Å². The third-order valence-corrected chi connectivity index (χ3v) is 15.7. The van der Waals surface area contributed by atoms with Crippen molar-refractivity contribution in [1.82, 2.24) is 0 Å². The number of Topliss-reactive ketones (excluding diaryl/α,β-unsaturated/α-hetero) is 1. The molecule has 0 amide bonds. The number of aliphatic hydroxyl groups excluding tert-OH is 2. The van der Waals surface area contributed by atoms with Crippen LogP contribution in [0.2, 0.25) is 17.6 Å². The van der Waals surface area contributed by atoms with Crippen LogP contribution in [-0.4, -0.2) is 53.8 Å². The SMILES string of the molecule is CC[Si](CC)(O[C@H]1C(C)=C[C@]23C(=O)[C@@H](C=C(CO)[C@@H](O)[C@]12O)[C@H]1[C@@H](C[C@H]3C)C1(C)C)C(C)C. The summed E-state index contributed by atoms with van der Waals surface area (Å²) < 4.78 is 6.96. The van der Waals surface area contributed by atoms with E-state index in [1.807, 2.05) is 13.0 Å². The van der Waals surface area contributed by atoms with E-state index in [1.54, 1.807) is 6.08 Å². The molecule has 2 saturated carbocycles. The summed E-state index contributed by atoms with van der Waals surface area (Å²) >= 11 is 0. The van der Waals surface area contributed by atoms with E-state index in [0.717, 1.165) is 24.1 Å². The second-order valence-corrected chi connectivity index (χ2v) is 17.2. The van der Waals surface area contributed by atoms with E-state index in [2.05, 4.69) is 48.5 Å². The van der Waals surface area contributed by atoms with Gasteiger partial charge >= 0.3 is 0 Å². The Bertz CT molecular complexity index is 887. The summed E-state index contributed by atoms with van der Waals surface area (Å²) in [6.07, 6.45) is 2.47. The first-order valence-electron chi connectivity index (χ1n) is 12.9. The summed E-state index contributed by atoms with van der Waals surface area (Å²) in [6.45, 7) is 16.7. The largest absolute Gasteiger partial charge is 0.407 e. The normalized spacial score (nSPS) is 43.9. The fourth-order valence-electron chi connectivity index (χ4n) is 8.20. The van der Waals surface area contributed by atoms with Crippen molar-refractivity contribution in [1.29, 1.82) is 0 Å². The monoisotopic (exact) mass is 476 g/mol. The fourth-order valence-corrected chi connectivity index (χ4v) is 11.8. The molecule has 2 fully saturated rings. The zero-order valence-electron chi connectivity index (χ0n) is 21.7. The van der Waals surface area contributed by atoms with E-state index in [-0.39, 0.29) is 29.6 Å². The molecule has 0 unspecified atom stereocenters.